The Kier molecular flexibility index (Phi) is 7.06. The zero-order valence-electron chi connectivity index (χ0n) is 8.52. The molecule has 0 saturated heterocycles. The summed E-state index contributed by atoms with van der Waals surface area (Å²) in [6, 6.07) is 0.0339. The molecule has 1 N–H and O–H groups in total. The highest BCUT2D eigenvalue weighted by Gasteiger charge is 2.08. The number of carbonyl (C=O) groups excluding carboxylic acids is 1. The molecule has 0 radical (unpaired) electrons. The molecule has 0 aromatic rings. The fourth-order valence-corrected chi connectivity index (χ4v) is 1.10. The maximum absolute atomic E-state index is 11.3. The molecule has 0 fully saturated rings. The first kappa shape index (κ1) is 11.6. The van der Waals surface area contributed by atoms with Gasteiger partial charge in [-0.2, -0.15) is 0 Å². The Hall–Kier alpha value is -0.370. The van der Waals surface area contributed by atoms with Crippen LogP contribution in [0.3, 0.4) is 0 Å². The molecule has 0 heterocycles. The van der Waals surface area contributed by atoms with Crippen molar-refractivity contribution in [2.75, 3.05) is 7.05 Å². The third kappa shape index (κ3) is 5.30. The van der Waals surface area contributed by atoms with Crippen LogP contribution in [0.25, 0.3) is 0 Å². The van der Waals surface area contributed by atoms with E-state index in [1.165, 1.54) is 19.3 Å². The summed E-state index contributed by atoms with van der Waals surface area (Å²) in [6.45, 7) is 4.10. The van der Waals surface area contributed by atoms with Gasteiger partial charge in [-0.25, -0.2) is 0 Å². The van der Waals surface area contributed by atoms with Crippen molar-refractivity contribution < 1.29 is 4.79 Å². The van der Waals surface area contributed by atoms with Crippen molar-refractivity contribution in [2.45, 2.75) is 52.0 Å². The van der Waals surface area contributed by atoms with Gasteiger partial charge in [0.05, 0.1) is 6.04 Å². The third-order valence-corrected chi connectivity index (χ3v) is 2.19. The smallest absolute Gasteiger partial charge is 0.149 e. The normalized spacial score (nSPS) is 12.9. The Bertz CT molecular complexity index is 123. The Balaban J connectivity index is 3.31. The zero-order chi connectivity index (χ0) is 9.40. The van der Waals surface area contributed by atoms with Crippen LogP contribution in [-0.2, 0) is 4.79 Å². The standard InChI is InChI=1S/C10H21NO/c1-4-5-6-7-8-10(12)9(2)11-3/h9,11H,4-8H2,1-3H3. The molecule has 0 aromatic carbocycles. The van der Waals surface area contributed by atoms with Crippen LogP contribution in [-0.4, -0.2) is 18.9 Å². The summed E-state index contributed by atoms with van der Waals surface area (Å²) >= 11 is 0. The van der Waals surface area contributed by atoms with Crippen LogP contribution in [0.4, 0.5) is 0 Å². The van der Waals surface area contributed by atoms with Gasteiger partial charge in [-0.3, -0.25) is 4.79 Å². The highest BCUT2D eigenvalue weighted by atomic mass is 16.1. The highest BCUT2D eigenvalue weighted by molar-refractivity contribution is 5.83. The van der Waals surface area contributed by atoms with Gasteiger partial charge in [0.25, 0.3) is 0 Å². The van der Waals surface area contributed by atoms with Crippen molar-refractivity contribution in [3.05, 3.63) is 0 Å². The van der Waals surface area contributed by atoms with Crippen LogP contribution >= 0.6 is 0 Å². The van der Waals surface area contributed by atoms with Gasteiger partial charge in [-0.05, 0) is 20.4 Å². The van der Waals surface area contributed by atoms with Crippen LogP contribution in [0.15, 0.2) is 0 Å². The summed E-state index contributed by atoms with van der Waals surface area (Å²) in [6.07, 6.45) is 5.47. The van der Waals surface area contributed by atoms with Crippen LogP contribution in [0.2, 0.25) is 0 Å². The lowest BCUT2D eigenvalue weighted by Crippen LogP contribution is -2.30. The monoisotopic (exact) mass is 171 g/mol. The Labute approximate surface area is 75.7 Å². The minimum absolute atomic E-state index is 0.0339. The van der Waals surface area contributed by atoms with E-state index in [9.17, 15) is 4.79 Å². The Morgan fingerprint density at radius 2 is 2.00 bits per heavy atom. The van der Waals surface area contributed by atoms with Crippen LogP contribution in [0.1, 0.15) is 46.0 Å². The van der Waals surface area contributed by atoms with E-state index in [0.717, 1.165) is 12.8 Å². The predicted molar refractivity (Wildman–Crippen MR) is 52.3 cm³/mol. The van der Waals surface area contributed by atoms with Gasteiger partial charge in [0.1, 0.15) is 5.78 Å². The van der Waals surface area contributed by atoms with E-state index < -0.39 is 0 Å². The molecule has 1 atom stereocenters. The summed E-state index contributed by atoms with van der Waals surface area (Å²) in [4.78, 5) is 11.3. The van der Waals surface area contributed by atoms with Gasteiger partial charge in [-0.15, -0.1) is 0 Å². The van der Waals surface area contributed by atoms with Crippen molar-refractivity contribution in [1.29, 1.82) is 0 Å². The van der Waals surface area contributed by atoms with E-state index in [-0.39, 0.29) is 6.04 Å². The Morgan fingerprint density at radius 1 is 1.33 bits per heavy atom. The summed E-state index contributed by atoms with van der Waals surface area (Å²) in [7, 11) is 1.83. The van der Waals surface area contributed by atoms with E-state index in [1.807, 2.05) is 14.0 Å². The summed E-state index contributed by atoms with van der Waals surface area (Å²) in [5.41, 5.74) is 0. The van der Waals surface area contributed by atoms with Crippen molar-refractivity contribution in [3.63, 3.8) is 0 Å². The molecule has 2 heteroatoms. The molecule has 0 spiro atoms. The first-order valence-electron chi connectivity index (χ1n) is 4.92. The van der Waals surface area contributed by atoms with Crippen molar-refractivity contribution in [2.24, 2.45) is 0 Å². The molecule has 0 amide bonds. The van der Waals surface area contributed by atoms with Crippen molar-refractivity contribution in [1.82, 2.24) is 5.32 Å². The largest absolute Gasteiger partial charge is 0.311 e. The summed E-state index contributed by atoms with van der Waals surface area (Å²) in [5.74, 6) is 0.341. The predicted octanol–water partition coefficient (Wildman–Crippen LogP) is 2.13. The molecule has 0 saturated carbocycles. The molecule has 2 nitrogen and oxygen atoms in total. The zero-order valence-corrected chi connectivity index (χ0v) is 8.52. The minimum atomic E-state index is 0.0339. The van der Waals surface area contributed by atoms with E-state index >= 15 is 0 Å². The van der Waals surface area contributed by atoms with Gasteiger partial charge in [0, 0.05) is 6.42 Å². The number of Topliss-reactive ketones (excluding diaryl/α,β-unsaturated/α-hetero) is 1. The van der Waals surface area contributed by atoms with Gasteiger partial charge >= 0.3 is 0 Å². The molecule has 72 valence electrons. The second-order valence-electron chi connectivity index (χ2n) is 3.29. The lowest BCUT2D eigenvalue weighted by atomic mass is 10.1. The Morgan fingerprint density at radius 3 is 2.50 bits per heavy atom. The molecule has 0 aromatic heterocycles. The number of ketones is 1. The number of hydrogen-bond donors (Lipinski definition) is 1. The molecule has 0 aliphatic heterocycles. The van der Waals surface area contributed by atoms with Gasteiger partial charge in [0.15, 0.2) is 0 Å². The first-order valence-corrected chi connectivity index (χ1v) is 4.92. The maximum Gasteiger partial charge on any atom is 0.149 e. The lowest BCUT2D eigenvalue weighted by molar-refractivity contribution is -0.120. The topological polar surface area (TPSA) is 29.1 Å². The number of rotatable bonds is 7. The SMILES string of the molecule is CCCCCCC(=O)C(C)NC. The third-order valence-electron chi connectivity index (χ3n) is 2.19. The average molecular weight is 171 g/mol. The second kappa shape index (κ2) is 7.29. The van der Waals surface area contributed by atoms with E-state index in [4.69, 9.17) is 0 Å². The fourth-order valence-electron chi connectivity index (χ4n) is 1.10. The molecular formula is C10H21NO. The number of unbranched alkanes of at least 4 members (excludes halogenated alkanes) is 3. The van der Waals surface area contributed by atoms with Crippen LogP contribution in [0, 0.1) is 0 Å². The molecule has 0 rings (SSSR count). The molecular weight excluding hydrogens is 150 g/mol. The summed E-state index contributed by atoms with van der Waals surface area (Å²) in [5, 5.41) is 2.96. The quantitative estimate of drug-likeness (QED) is 0.595. The van der Waals surface area contributed by atoms with Crippen LogP contribution in [0.5, 0.6) is 0 Å². The van der Waals surface area contributed by atoms with Gasteiger partial charge in [-0.1, -0.05) is 26.2 Å². The lowest BCUT2D eigenvalue weighted by Gasteiger charge is -2.07. The molecule has 1 unspecified atom stereocenters. The molecule has 12 heavy (non-hydrogen) atoms. The van der Waals surface area contributed by atoms with E-state index in [1.54, 1.807) is 0 Å². The first-order chi connectivity index (χ1) is 5.72. The van der Waals surface area contributed by atoms with E-state index in [0.29, 0.717) is 5.78 Å². The highest BCUT2D eigenvalue weighted by Crippen LogP contribution is 2.04. The average Bonchev–Trinajstić information content (AvgIpc) is 2.10. The number of nitrogens with one attached hydrogen (secondary N) is 1. The molecule has 0 aliphatic carbocycles. The minimum Gasteiger partial charge on any atom is -0.311 e. The number of hydrogen-bond acceptors (Lipinski definition) is 2. The van der Waals surface area contributed by atoms with Crippen molar-refractivity contribution in [3.8, 4) is 0 Å². The van der Waals surface area contributed by atoms with Crippen molar-refractivity contribution >= 4 is 5.78 Å². The second-order valence-corrected chi connectivity index (χ2v) is 3.29. The number of likely N-dealkylation sites (N-methyl/N-ethyl adjacent to an activating group) is 1. The molecule has 0 aliphatic rings. The summed E-state index contributed by atoms with van der Waals surface area (Å²) < 4.78 is 0. The fraction of sp³-hybridized carbons (Fsp3) is 0.900. The van der Waals surface area contributed by atoms with Crippen LogP contribution < -0.4 is 5.32 Å². The van der Waals surface area contributed by atoms with E-state index in [2.05, 4.69) is 12.2 Å². The van der Waals surface area contributed by atoms with Gasteiger partial charge < -0.3 is 5.32 Å². The van der Waals surface area contributed by atoms with Gasteiger partial charge in [0.2, 0.25) is 0 Å². The number of carbonyl (C=O) groups is 1. The molecule has 0 bridgehead atoms. The maximum atomic E-state index is 11.3.